The van der Waals surface area contributed by atoms with Gasteiger partial charge in [0.2, 0.25) is 11.8 Å². The van der Waals surface area contributed by atoms with Crippen LogP contribution in [0.5, 0.6) is 0 Å². The number of hydrogen-bond donors (Lipinski definition) is 4. The third-order valence-corrected chi connectivity index (χ3v) is 4.29. The van der Waals surface area contributed by atoms with E-state index in [-0.39, 0.29) is 18.6 Å². The molecule has 0 aliphatic rings. The maximum Gasteiger partial charge on any atom is 0.408 e. The number of alkyl carbamates (subject to hydrolysis) is 1. The average Bonchev–Trinajstić information content (AvgIpc) is 2.71. The molecule has 2 rings (SSSR count). The Bertz CT molecular complexity index is 876. The molecule has 9 heteroatoms. The lowest BCUT2D eigenvalue weighted by Gasteiger charge is -2.23. The van der Waals surface area contributed by atoms with Crippen molar-refractivity contribution >= 4 is 17.9 Å². The SMILES string of the molecule is C[C@@H](O)[C@H](NC(=O)OCc1ccccc1)C(=O)N[C@H](Cc1ccccc1F)C(N)=O. The van der Waals surface area contributed by atoms with Crippen LogP contribution in [0.25, 0.3) is 0 Å². The number of carbonyl (C=O) groups excluding carboxylic acids is 3. The Balaban J connectivity index is 1.99. The van der Waals surface area contributed by atoms with Crippen LogP contribution in [-0.2, 0) is 27.4 Å². The number of ether oxygens (including phenoxy) is 1. The highest BCUT2D eigenvalue weighted by Gasteiger charge is 2.30. The second kappa shape index (κ2) is 10.9. The summed E-state index contributed by atoms with van der Waals surface area (Å²) in [6.45, 7) is 1.26. The van der Waals surface area contributed by atoms with Gasteiger partial charge in [-0.1, -0.05) is 48.5 Å². The summed E-state index contributed by atoms with van der Waals surface area (Å²) >= 11 is 0. The molecule has 0 saturated heterocycles. The molecule has 160 valence electrons. The van der Waals surface area contributed by atoms with Gasteiger partial charge in [0, 0.05) is 6.42 Å². The van der Waals surface area contributed by atoms with Gasteiger partial charge in [-0.05, 0) is 24.1 Å². The Morgan fingerprint density at radius 1 is 1.07 bits per heavy atom. The third kappa shape index (κ3) is 6.85. The highest BCUT2D eigenvalue weighted by Crippen LogP contribution is 2.10. The number of amides is 3. The number of benzene rings is 2. The predicted octanol–water partition coefficient (Wildman–Crippen LogP) is 1.01. The van der Waals surface area contributed by atoms with Crippen LogP contribution in [0.15, 0.2) is 54.6 Å². The Morgan fingerprint density at radius 3 is 2.30 bits per heavy atom. The van der Waals surface area contributed by atoms with Crippen molar-refractivity contribution in [1.29, 1.82) is 0 Å². The topological polar surface area (TPSA) is 131 Å². The average molecular weight is 417 g/mol. The van der Waals surface area contributed by atoms with Crippen molar-refractivity contribution < 1.29 is 28.6 Å². The lowest BCUT2D eigenvalue weighted by atomic mass is 10.0. The molecule has 0 unspecified atom stereocenters. The number of aliphatic hydroxyl groups excluding tert-OH is 1. The van der Waals surface area contributed by atoms with Crippen molar-refractivity contribution in [1.82, 2.24) is 10.6 Å². The molecule has 0 saturated carbocycles. The van der Waals surface area contributed by atoms with Crippen LogP contribution < -0.4 is 16.4 Å². The van der Waals surface area contributed by atoms with Crippen LogP contribution in [0.1, 0.15) is 18.1 Å². The molecule has 3 atom stereocenters. The van der Waals surface area contributed by atoms with Gasteiger partial charge in [0.1, 0.15) is 24.5 Å². The van der Waals surface area contributed by atoms with Crippen molar-refractivity contribution in [3.05, 3.63) is 71.5 Å². The second-order valence-electron chi connectivity index (χ2n) is 6.68. The fourth-order valence-electron chi connectivity index (χ4n) is 2.67. The van der Waals surface area contributed by atoms with Crippen LogP contribution >= 0.6 is 0 Å². The van der Waals surface area contributed by atoms with E-state index in [1.54, 1.807) is 30.3 Å². The molecule has 30 heavy (non-hydrogen) atoms. The minimum atomic E-state index is -1.41. The summed E-state index contributed by atoms with van der Waals surface area (Å²) in [7, 11) is 0. The van der Waals surface area contributed by atoms with Gasteiger partial charge in [-0.2, -0.15) is 0 Å². The summed E-state index contributed by atoms with van der Waals surface area (Å²) in [6.07, 6.45) is -2.40. The second-order valence-corrected chi connectivity index (χ2v) is 6.68. The lowest BCUT2D eigenvalue weighted by molar-refractivity contribution is -0.130. The lowest BCUT2D eigenvalue weighted by Crippen LogP contribution is -2.57. The van der Waals surface area contributed by atoms with E-state index in [1.165, 1.54) is 25.1 Å². The van der Waals surface area contributed by atoms with Crippen molar-refractivity contribution in [2.45, 2.75) is 38.1 Å². The summed E-state index contributed by atoms with van der Waals surface area (Å²) < 4.78 is 18.9. The molecule has 0 aliphatic heterocycles. The van der Waals surface area contributed by atoms with E-state index in [1.807, 2.05) is 6.07 Å². The smallest absolute Gasteiger partial charge is 0.408 e. The fraction of sp³-hybridized carbons (Fsp3) is 0.286. The molecule has 3 amide bonds. The first kappa shape index (κ1) is 22.8. The zero-order valence-electron chi connectivity index (χ0n) is 16.4. The summed E-state index contributed by atoms with van der Waals surface area (Å²) in [6, 6.07) is 12.0. The van der Waals surface area contributed by atoms with E-state index < -0.39 is 41.9 Å². The molecule has 0 bridgehead atoms. The van der Waals surface area contributed by atoms with Crippen LogP contribution in [0, 0.1) is 5.82 Å². The van der Waals surface area contributed by atoms with Crippen molar-refractivity contribution in [3.63, 3.8) is 0 Å². The van der Waals surface area contributed by atoms with Crippen LogP contribution in [0.2, 0.25) is 0 Å². The van der Waals surface area contributed by atoms with Crippen LogP contribution in [0.4, 0.5) is 9.18 Å². The maximum atomic E-state index is 13.9. The zero-order chi connectivity index (χ0) is 22.1. The molecule has 0 aliphatic carbocycles. The number of rotatable bonds is 9. The fourth-order valence-corrected chi connectivity index (χ4v) is 2.67. The monoisotopic (exact) mass is 417 g/mol. The number of aliphatic hydroxyl groups is 1. The van der Waals surface area contributed by atoms with E-state index >= 15 is 0 Å². The van der Waals surface area contributed by atoms with Gasteiger partial charge < -0.3 is 26.2 Å². The molecule has 0 heterocycles. The summed E-state index contributed by atoms with van der Waals surface area (Å²) in [4.78, 5) is 36.3. The predicted molar refractivity (Wildman–Crippen MR) is 106 cm³/mol. The third-order valence-electron chi connectivity index (χ3n) is 4.29. The highest BCUT2D eigenvalue weighted by molar-refractivity contribution is 5.91. The first-order valence-electron chi connectivity index (χ1n) is 9.26. The van der Waals surface area contributed by atoms with Crippen molar-refractivity contribution in [2.75, 3.05) is 0 Å². The molecule has 5 N–H and O–H groups in total. The molecule has 2 aromatic rings. The van der Waals surface area contributed by atoms with E-state index in [4.69, 9.17) is 10.5 Å². The number of primary amides is 1. The quantitative estimate of drug-likeness (QED) is 0.484. The highest BCUT2D eigenvalue weighted by atomic mass is 19.1. The van der Waals surface area contributed by atoms with E-state index in [0.29, 0.717) is 0 Å². The summed E-state index contributed by atoms with van der Waals surface area (Å²) in [5.74, 6) is -2.29. The number of nitrogens with two attached hydrogens (primary N) is 1. The van der Waals surface area contributed by atoms with Gasteiger partial charge in [-0.25, -0.2) is 9.18 Å². The number of hydrogen-bond acceptors (Lipinski definition) is 5. The first-order chi connectivity index (χ1) is 14.3. The molecule has 0 fully saturated rings. The zero-order valence-corrected chi connectivity index (χ0v) is 16.4. The molecular formula is C21H24FN3O5. The van der Waals surface area contributed by atoms with E-state index in [2.05, 4.69) is 10.6 Å². The molecule has 8 nitrogen and oxygen atoms in total. The van der Waals surface area contributed by atoms with Gasteiger partial charge in [0.05, 0.1) is 6.10 Å². The summed E-state index contributed by atoms with van der Waals surface area (Å²) in [5.41, 5.74) is 6.25. The molecule has 2 aromatic carbocycles. The Labute approximate surface area is 173 Å². The molecule has 0 aromatic heterocycles. The van der Waals surface area contributed by atoms with Crippen molar-refractivity contribution in [2.24, 2.45) is 5.73 Å². The minimum Gasteiger partial charge on any atom is -0.445 e. The Morgan fingerprint density at radius 2 is 1.70 bits per heavy atom. The largest absolute Gasteiger partial charge is 0.445 e. The molecule has 0 radical (unpaired) electrons. The Hall–Kier alpha value is -3.46. The minimum absolute atomic E-state index is 0.0297. The van der Waals surface area contributed by atoms with Gasteiger partial charge in [-0.3, -0.25) is 9.59 Å². The van der Waals surface area contributed by atoms with E-state index in [0.717, 1.165) is 5.56 Å². The van der Waals surface area contributed by atoms with Crippen molar-refractivity contribution in [3.8, 4) is 0 Å². The Kier molecular flexibility index (Phi) is 8.30. The number of nitrogens with one attached hydrogen (secondary N) is 2. The first-order valence-corrected chi connectivity index (χ1v) is 9.26. The van der Waals surface area contributed by atoms with E-state index in [9.17, 15) is 23.9 Å². The molecule has 0 spiro atoms. The number of carbonyl (C=O) groups is 3. The maximum absolute atomic E-state index is 13.9. The van der Waals surface area contributed by atoms with Crippen LogP contribution in [-0.4, -0.2) is 41.2 Å². The van der Waals surface area contributed by atoms with Gasteiger partial charge in [0.25, 0.3) is 0 Å². The van der Waals surface area contributed by atoms with Gasteiger partial charge in [0.15, 0.2) is 0 Å². The van der Waals surface area contributed by atoms with Crippen LogP contribution in [0.3, 0.4) is 0 Å². The molecular weight excluding hydrogens is 393 g/mol. The number of halogens is 1. The van der Waals surface area contributed by atoms with Gasteiger partial charge >= 0.3 is 6.09 Å². The summed E-state index contributed by atoms with van der Waals surface area (Å²) in [5, 5.41) is 14.5. The standard InChI is InChI=1S/C21H24FN3O5/c1-13(26)18(25-21(29)30-12-14-7-3-2-4-8-14)20(28)24-17(19(23)27)11-15-9-5-6-10-16(15)22/h2-10,13,17-18,26H,11-12H2,1H3,(H2,23,27)(H,24,28)(H,25,29)/t13-,17-,18+/m1/s1. The normalized spacial score (nSPS) is 13.6. The van der Waals surface area contributed by atoms with Gasteiger partial charge in [-0.15, -0.1) is 0 Å².